The van der Waals surface area contributed by atoms with Crippen LogP contribution in [0.4, 0.5) is 5.69 Å². The Kier molecular flexibility index (Phi) is 7.48. The molecule has 4 heteroatoms. The molecule has 0 unspecified atom stereocenters. The highest BCUT2D eigenvalue weighted by Gasteiger charge is 2.40. The van der Waals surface area contributed by atoms with Gasteiger partial charge in [-0.3, -0.25) is 4.79 Å². The van der Waals surface area contributed by atoms with Gasteiger partial charge in [0.1, 0.15) is 11.4 Å². The molecule has 1 N–H and O–H groups in total. The lowest BCUT2D eigenvalue weighted by atomic mass is 9.84. The van der Waals surface area contributed by atoms with E-state index in [4.69, 9.17) is 9.47 Å². The molecule has 2 aromatic carbocycles. The van der Waals surface area contributed by atoms with E-state index in [9.17, 15) is 4.79 Å². The molecule has 0 saturated carbocycles. The van der Waals surface area contributed by atoms with E-state index in [1.807, 2.05) is 50.2 Å². The number of carbonyl (C=O) groups is 1. The Morgan fingerprint density at radius 2 is 1.50 bits per heavy atom. The molecule has 2 rings (SSSR count). The minimum Gasteiger partial charge on any atom is -0.490 e. The van der Waals surface area contributed by atoms with Crippen LogP contribution in [-0.4, -0.2) is 24.7 Å². The van der Waals surface area contributed by atoms with Crippen molar-refractivity contribution in [3.05, 3.63) is 36.4 Å². The maximum atomic E-state index is 13.4. The summed E-state index contributed by atoms with van der Waals surface area (Å²) in [6.07, 6.45) is 1.45. The zero-order chi connectivity index (χ0) is 20.9. The average Bonchev–Trinajstić information content (AvgIpc) is 2.61. The van der Waals surface area contributed by atoms with E-state index in [1.54, 1.807) is 7.11 Å². The third-order valence-electron chi connectivity index (χ3n) is 4.78. The first-order valence-corrected chi connectivity index (χ1v) is 10.2. The number of anilines is 1. The van der Waals surface area contributed by atoms with Gasteiger partial charge in [0.2, 0.25) is 0 Å². The second kappa shape index (κ2) is 9.42. The molecule has 28 heavy (non-hydrogen) atoms. The predicted molar refractivity (Wildman–Crippen MR) is 117 cm³/mol. The van der Waals surface area contributed by atoms with Crippen LogP contribution in [0.5, 0.6) is 5.75 Å². The van der Waals surface area contributed by atoms with Crippen LogP contribution in [0.3, 0.4) is 0 Å². The molecule has 4 nitrogen and oxygen atoms in total. The van der Waals surface area contributed by atoms with Crippen LogP contribution in [0, 0.1) is 11.8 Å². The molecule has 0 radical (unpaired) electrons. The average molecular weight is 386 g/mol. The Morgan fingerprint density at radius 3 is 2.00 bits per heavy atom. The van der Waals surface area contributed by atoms with E-state index >= 15 is 0 Å². The molecule has 0 fully saturated rings. The van der Waals surface area contributed by atoms with E-state index in [2.05, 4.69) is 33.0 Å². The third kappa shape index (κ3) is 5.26. The van der Waals surface area contributed by atoms with Crippen molar-refractivity contribution in [2.75, 3.05) is 12.4 Å². The molecule has 0 aliphatic carbocycles. The first kappa shape index (κ1) is 22.2. The van der Waals surface area contributed by atoms with Gasteiger partial charge >= 0.3 is 0 Å². The zero-order valence-corrected chi connectivity index (χ0v) is 18.3. The summed E-state index contributed by atoms with van der Waals surface area (Å²) in [5.41, 5.74) is -0.0538. The smallest absolute Gasteiger partial charge is 0.256 e. The largest absolute Gasteiger partial charge is 0.490 e. The van der Waals surface area contributed by atoms with Gasteiger partial charge in [-0.15, -0.1) is 0 Å². The molecule has 0 atom stereocenters. The Labute approximate surface area is 169 Å². The zero-order valence-electron chi connectivity index (χ0n) is 18.3. The number of ether oxygens (including phenoxy) is 2. The highest BCUT2D eigenvalue weighted by molar-refractivity contribution is 6.06. The number of methoxy groups -OCH3 is 1. The summed E-state index contributed by atoms with van der Waals surface area (Å²) in [4.78, 5) is 13.4. The monoisotopic (exact) mass is 385 g/mol. The maximum Gasteiger partial charge on any atom is 0.256 e. The van der Waals surface area contributed by atoms with Crippen molar-refractivity contribution in [1.29, 1.82) is 0 Å². The van der Waals surface area contributed by atoms with Crippen molar-refractivity contribution in [2.45, 2.75) is 66.1 Å². The first-order chi connectivity index (χ1) is 13.2. The molecule has 0 heterocycles. The van der Waals surface area contributed by atoms with Crippen molar-refractivity contribution < 1.29 is 14.3 Å². The van der Waals surface area contributed by atoms with Gasteiger partial charge in [-0.25, -0.2) is 0 Å². The number of benzene rings is 2. The summed E-state index contributed by atoms with van der Waals surface area (Å²) >= 11 is 0. The number of fused-ring (bicyclic) bond motifs is 1. The Bertz CT molecular complexity index is 786. The van der Waals surface area contributed by atoms with Crippen LogP contribution < -0.4 is 10.1 Å². The van der Waals surface area contributed by atoms with E-state index in [-0.39, 0.29) is 12.0 Å². The van der Waals surface area contributed by atoms with E-state index in [0.29, 0.717) is 24.7 Å². The van der Waals surface area contributed by atoms with E-state index in [0.717, 1.165) is 22.2 Å². The minimum atomic E-state index is -0.837. The summed E-state index contributed by atoms with van der Waals surface area (Å²) in [6.45, 7) is 12.5. The lowest BCUT2D eigenvalue weighted by Gasteiger charge is -2.34. The van der Waals surface area contributed by atoms with Gasteiger partial charge in [0.05, 0.1) is 6.10 Å². The summed E-state index contributed by atoms with van der Waals surface area (Å²) in [5, 5.41) is 5.10. The number of hydrogen-bond donors (Lipinski definition) is 1. The van der Waals surface area contributed by atoms with Gasteiger partial charge in [0.25, 0.3) is 5.91 Å². The normalized spacial score (nSPS) is 12.2. The molecule has 1 amide bonds. The Morgan fingerprint density at radius 1 is 0.929 bits per heavy atom. The van der Waals surface area contributed by atoms with Gasteiger partial charge in [0, 0.05) is 23.6 Å². The van der Waals surface area contributed by atoms with Crippen molar-refractivity contribution in [3.63, 3.8) is 0 Å². The van der Waals surface area contributed by atoms with Crippen molar-refractivity contribution in [1.82, 2.24) is 0 Å². The van der Waals surface area contributed by atoms with Crippen LogP contribution in [0.15, 0.2) is 36.4 Å². The molecule has 2 aromatic rings. The molecule has 0 saturated heterocycles. The van der Waals surface area contributed by atoms with Crippen LogP contribution in [0.1, 0.15) is 54.4 Å². The molecule has 0 aliphatic rings. The highest BCUT2D eigenvalue weighted by atomic mass is 16.5. The lowest BCUT2D eigenvalue weighted by Crippen LogP contribution is -2.47. The van der Waals surface area contributed by atoms with Gasteiger partial charge in [-0.2, -0.15) is 0 Å². The summed E-state index contributed by atoms with van der Waals surface area (Å²) in [6, 6.07) is 11.8. The number of rotatable bonds is 9. The summed E-state index contributed by atoms with van der Waals surface area (Å²) in [5.74, 6) is 1.44. The minimum absolute atomic E-state index is 0.0833. The first-order valence-electron chi connectivity index (χ1n) is 10.2. The van der Waals surface area contributed by atoms with Crippen LogP contribution in [0.2, 0.25) is 0 Å². The van der Waals surface area contributed by atoms with E-state index in [1.165, 1.54) is 0 Å². The Balaban J connectivity index is 2.42. The maximum absolute atomic E-state index is 13.4. The van der Waals surface area contributed by atoms with Crippen molar-refractivity contribution in [2.24, 2.45) is 11.8 Å². The third-order valence-corrected chi connectivity index (χ3v) is 4.78. The number of nitrogens with one attached hydrogen (secondary N) is 1. The molecular weight excluding hydrogens is 350 g/mol. The predicted octanol–water partition coefficient (Wildman–Crippen LogP) is 6.04. The van der Waals surface area contributed by atoms with Gasteiger partial charge in [-0.05, 0) is 50.7 Å². The number of carbonyl (C=O) groups excluding carboxylic acids is 1. The van der Waals surface area contributed by atoms with Gasteiger partial charge in [0.15, 0.2) is 0 Å². The fourth-order valence-corrected chi connectivity index (χ4v) is 3.82. The number of hydrogen-bond acceptors (Lipinski definition) is 3. The van der Waals surface area contributed by atoms with Crippen molar-refractivity contribution in [3.8, 4) is 5.75 Å². The molecule has 0 aliphatic heterocycles. The fraction of sp³-hybridized carbons (Fsp3) is 0.542. The summed E-state index contributed by atoms with van der Waals surface area (Å²) < 4.78 is 11.8. The quantitative estimate of drug-likeness (QED) is 0.572. The van der Waals surface area contributed by atoms with Gasteiger partial charge in [-0.1, -0.05) is 52.0 Å². The topological polar surface area (TPSA) is 47.6 Å². The van der Waals surface area contributed by atoms with Crippen LogP contribution in [-0.2, 0) is 9.53 Å². The van der Waals surface area contributed by atoms with E-state index < -0.39 is 5.60 Å². The van der Waals surface area contributed by atoms with Crippen molar-refractivity contribution >= 4 is 22.4 Å². The second-order valence-corrected chi connectivity index (χ2v) is 8.67. The molecule has 0 aromatic heterocycles. The standard InChI is InChI=1S/C24H35NO3/c1-16(2)14-24(27-7,15-17(3)4)23(26)25-21-12-13-22(28-18(5)6)20-11-9-8-10-19(20)21/h8-13,16-18H,14-15H2,1-7H3,(H,25,26). The number of amides is 1. The molecule has 0 bridgehead atoms. The molecule has 154 valence electrons. The molecular formula is C24H35NO3. The molecule has 0 spiro atoms. The van der Waals surface area contributed by atoms with Crippen LogP contribution in [0.25, 0.3) is 10.8 Å². The fourth-order valence-electron chi connectivity index (χ4n) is 3.82. The highest BCUT2D eigenvalue weighted by Crippen LogP contribution is 2.35. The summed E-state index contributed by atoms with van der Waals surface area (Å²) in [7, 11) is 1.64. The SMILES string of the molecule is COC(CC(C)C)(CC(C)C)C(=O)Nc1ccc(OC(C)C)c2ccccc12. The van der Waals surface area contributed by atoms with Gasteiger partial charge < -0.3 is 14.8 Å². The second-order valence-electron chi connectivity index (χ2n) is 8.67. The van der Waals surface area contributed by atoms with Crippen LogP contribution >= 0.6 is 0 Å². The Hall–Kier alpha value is -2.07. The lowest BCUT2D eigenvalue weighted by molar-refractivity contribution is -0.142.